The average molecular weight is 778 g/mol. The summed E-state index contributed by atoms with van der Waals surface area (Å²) >= 11 is 0. The largest absolute Gasteiger partial charge is 0.465 e. The molecule has 1 N–H and O–H groups in total. The molecule has 6 nitrogen and oxygen atoms in total. The molecule has 3 atom stereocenters. The highest BCUT2D eigenvalue weighted by Gasteiger charge is 2.18. The fraction of sp³-hybridized carbons (Fsp3) is 0.959. The van der Waals surface area contributed by atoms with Gasteiger partial charge in [0, 0.05) is 32.0 Å². The lowest BCUT2D eigenvalue weighted by molar-refractivity contribution is -0.150. The number of nitrogens with one attached hydrogen (secondary N) is 1. The van der Waals surface area contributed by atoms with Crippen molar-refractivity contribution in [2.45, 2.75) is 265 Å². The van der Waals surface area contributed by atoms with E-state index in [1.807, 2.05) is 0 Å². The summed E-state index contributed by atoms with van der Waals surface area (Å²) in [6.07, 6.45) is 41.7. The Kier molecular flexibility index (Phi) is 37.4. The summed E-state index contributed by atoms with van der Waals surface area (Å²) in [5, 5.41) is 3.91. The van der Waals surface area contributed by atoms with E-state index >= 15 is 0 Å². The number of unbranched alkanes of at least 4 members (excludes halogenated alkanes) is 22. The van der Waals surface area contributed by atoms with Gasteiger partial charge in [-0.1, -0.05) is 175 Å². The van der Waals surface area contributed by atoms with Crippen molar-refractivity contribution in [2.24, 2.45) is 11.8 Å². The van der Waals surface area contributed by atoms with Gasteiger partial charge in [-0.05, 0) is 76.0 Å². The maximum absolute atomic E-state index is 12.8. The molecule has 0 aromatic rings. The molecule has 1 fully saturated rings. The fourth-order valence-corrected chi connectivity index (χ4v) is 8.11. The summed E-state index contributed by atoms with van der Waals surface area (Å²) in [6.45, 7) is 12.5. The number of carbonyl (C=O) groups excluding carboxylic acids is 2. The maximum atomic E-state index is 12.8. The molecule has 0 aliphatic carbocycles. The predicted molar refractivity (Wildman–Crippen MR) is 235 cm³/mol. The minimum Gasteiger partial charge on any atom is -0.465 e. The Morgan fingerprint density at radius 3 is 1.49 bits per heavy atom. The number of carbonyl (C=O) groups is 2. The fourth-order valence-electron chi connectivity index (χ4n) is 8.11. The van der Waals surface area contributed by atoms with Gasteiger partial charge in [-0.3, -0.25) is 9.59 Å². The molecular formula is C49H95NO5. The molecule has 1 aliphatic rings. The van der Waals surface area contributed by atoms with Crippen molar-refractivity contribution < 1.29 is 23.8 Å². The Balaban J connectivity index is 2.23. The van der Waals surface area contributed by atoms with Crippen molar-refractivity contribution in [1.29, 1.82) is 0 Å². The highest BCUT2D eigenvalue weighted by molar-refractivity contribution is 5.69. The first-order valence-corrected chi connectivity index (χ1v) is 24.6. The van der Waals surface area contributed by atoms with Crippen LogP contribution in [0.25, 0.3) is 0 Å². The molecule has 0 aromatic carbocycles. The zero-order valence-corrected chi connectivity index (χ0v) is 37.4. The van der Waals surface area contributed by atoms with Crippen LogP contribution in [0.3, 0.4) is 0 Å². The van der Waals surface area contributed by atoms with E-state index < -0.39 is 0 Å². The number of esters is 2. The molecule has 0 spiro atoms. The first-order valence-electron chi connectivity index (χ1n) is 24.6. The van der Waals surface area contributed by atoms with Crippen LogP contribution in [-0.4, -0.2) is 50.4 Å². The summed E-state index contributed by atoms with van der Waals surface area (Å²) in [5.74, 6) is 1.16. The molecule has 0 saturated carbocycles. The second-order valence-corrected chi connectivity index (χ2v) is 17.7. The molecule has 1 rings (SSSR count). The molecule has 0 amide bonds. The molecule has 6 heteroatoms. The van der Waals surface area contributed by atoms with Crippen LogP contribution in [-0.2, 0) is 23.8 Å². The molecule has 0 aromatic heterocycles. The number of hydrogen-bond acceptors (Lipinski definition) is 6. The van der Waals surface area contributed by atoms with E-state index in [1.165, 1.54) is 173 Å². The zero-order chi connectivity index (χ0) is 39.9. The lowest BCUT2D eigenvalue weighted by Crippen LogP contribution is -2.33. The molecule has 326 valence electrons. The van der Waals surface area contributed by atoms with Crippen molar-refractivity contribution in [3.05, 3.63) is 0 Å². The standard InChI is InChI=1S/C49H95NO5/c1-5-8-11-14-21-28-35-47(36-29-22-15-12-9-6-2)55-49(52)38-31-24-17-20-27-34-46(50-41-45-39-40-53-43-45)33-26-19-16-23-30-37-48(51)54-42-44(4)32-25-18-13-10-7-3/h44-47,50H,5-43H2,1-4H3. The molecule has 3 unspecified atom stereocenters. The van der Waals surface area contributed by atoms with Crippen LogP contribution in [0.5, 0.6) is 0 Å². The van der Waals surface area contributed by atoms with Crippen molar-refractivity contribution in [3.8, 4) is 0 Å². The molecular weight excluding hydrogens is 683 g/mol. The van der Waals surface area contributed by atoms with Gasteiger partial charge in [-0.25, -0.2) is 0 Å². The maximum Gasteiger partial charge on any atom is 0.306 e. The second kappa shape index (κ2) is 39.7. The van der Waals surface area contributed by atoms with Gasteiger partial charge in [-0.15, -0.1) is 0 Å². The topological polar surface area (TPSA) is 73.9 Å². The van der Waals surface area contributed by atoms with Crippen molar-refractivity contribution >= 4 is 11.9 Å². The molecule has 1 aliphatic heterocycles. The number of hydrogen-bond donors (Lipinski definition) is 1. The van der Waals surface area contributed by atoms with E-state index in [4.69, 9.17) is 14.2 Å². The molecule has 1 heterocycles. The van der Waals surface area contributed by atoms with Crippen LogP contribution in [0.2, 0.25) is 0 Å². The third-order valence-corrected chi connectivity index (χ3v) is 12.0. The van der Waals surface area contributed by atoms with Crippen LogP contribution in [0.15, 0.2) is 0 Å². The lowest BCUT2D eigenvalue weighted by Gasteiger charge is -2.21. The van der Waals surface area contributed by atoms with Gasteiger partial charge in [0.1, 0.15) is 6.10 Å². The highest BCUT2D eigenvalue weighted by atomic mass is 16.5. The Hall–Kier alpha value is -1.14. The van der Waals surface area contributed by atoms with Gasteiger partial charge in [0.15, 0.2) is 0 Å². The Morgan fingerprint density at radius 1 is 0.564 bits per heavy atom. The first-order chi connectivity index (χ1) is 27.0. The summed E-state index contributed by atoms with van der Waals surface area (Å²) in [4.78, 5) is 25.1. The van der Waals surface area contributed by atoms with Crippen LogP contribution >= 0.6 is 0 Å². The van der Waals surface area contributed by atoms with Crippen molar-refractivity contribution in [2.75, 3.05) is 26.4 Å². The second-order valence-electron chi connectivity index (χ2n) is 17.7. The van der Waals surface area contributed by atoms with Crippen molar-refractivity contribution in [1.82, 2.24) is 5.32 Å². The third kappa shape index (κ3) is 34.6. The van der Waals surface area contributed by atoms with E-state index in [9.17, 15) is 9.59 Å². The monoisotopic (exact) mass is 778 g/mol. The highest BCUT2D eigenvalue weighted by Crippen LogP contribution is 2.20. The molecule has 0 radical (unpaired) electrons. The van der Waals surface area contributed by atoms with Crippen LogP contribution in [0.4, 0.5) is 0 Å². The van der Waals surface area contributed by atoms with Gasteiger partial charge in [0.25, 0.3) is 0 Å². The van der Waals surface area contributed by atoms with Crippen LogP contribution in [0.1, 0.15) is 252 Å². The zero-order valence-electron chi connectivity index (χ0n) is 37.4. The van der Waals surface area contributed by atoms with E-state index in [-0.39, 0.29) is 18.0 Å². The van der Waals surface area contributed by atoms with Gasteiger partial charge >= 0.3 is 11.9 Å². The summed E-state index contributed by atoms with van der Waals surface area (Å²) in [5.41, 5.74) is 0. The van der Waals surface area contributed by atoms with E-state index in [1.54, 1.807) is 0 Å². The Morgan fingerprint density at radius 2 is 1.00 bits per heavy atom. The smallest absolute Gasteiger partial charge is 0.306 e. The first kappa shape index (κ1) is 51.9. The number of rotatable bonds is 42. The normalized spacial score (nSPS) is 15.5. The van der Waals surface area contributed by atoms with Crippen LogP contribution in [0, 0.1) is 11.8 Å². The lowest BCUT2D eigenvalue weighted by atomic mass is 9.99. The molecule has 55 heavy (non-hydrogen) atoms. The predicted octanol–water partition coefficient (Wildman–Crippen LogP) is 14.4. The SMILES string of the molecule is CCCCCCCCC(CCCCCCCC)OC(=O)CCCCCCCC(CCCCCCCC(=O)OCC(C)CCCCCCC)NCC1CCOC1. The molecule has 0 bridgehead atoms. The van der Waals surface area contributed by atoms with E-state index in [2.05, 4.69) is 33.0 Å². The van der Waals surface area contributed by atoms with Crippen molar-refractivity contribution in [3.63, 3.8) is 0 Å². The van der Waals surface area contributed by atoms with Gasteiger partial charge in [0.05, 0.1) is 13.2 Å². The van der Waals surface area contributed by atoms with E-state index in [0.717, 1.165) is 58.3 Å². The quantitative estimate of drug-likeness (QED) is 0.0491. The summed E-state index contributed by atoms with van der Waals surface area (Å²) < 4.78 is 17.3. The molecule has 1 saturated heterocycles. The number of ether oxygens (including phenoxy) is 3. The third-order valence-electron chi connectivity index (χ3n) is 12.0. The average Bonchev–Trinajstić information content (AvgIpc) is 3.71. The van der Waals surface area contributed by atoms with Gasteiger partial charge in [-0.2, -0.15) is 0 Å². The Labute approximate surface area is 342 Å². The Bertz CT molecular complexity index is 814. The van der Waals surface area contributed by atoms with Gasteiger partial charge in [0.2, 0.25) is 0 Å². The van der Waals surface area contributed by atoms with Crippen LogP contribution < -0.4 is 5.32 Å². The minimum atomic E-state index is -0.0100. The minimum absolute atomic E-state index is 0.0100. The van der Waals surface area contributed by atoms with E-state index in [0.29, 0.717) is 37.3 Å². The summed E-state index contributed by atoms with van der Waals surface area (Å²) in [7, 11) is 0. The van der Waals surface area contributed by atoms with Gasteiger partial charge < -0.3 is 19.5 Å². The summed E-state index contributed by atoms with van der Waals surface area (Å²) in [6, 6.07) is 0.578.